The van der Waals surface area contributed by atoms with E-state index in [1.165, 1.54) is 0 Å². The van der Waals surface area contributed by atoms with Crippen LogP contribution in [0.4, 0.5) is 0 Å². The summed E-state index contributed by atoms with van der Waals surface area (Å²) in [4.78, 5) is 10.0. The molecule has 0 N–H and O–H groups in total. The number of nitrogens with zero attached hydrogens (tertiary/aromatic N) is 1. The molecule has 3 heteroatoms. The van der Waals surface area contributed by atoms with Gasteiger partial charge in [0.15, 0.2) is 0 Å². The zero-order valence-electron chi connectivity index (χ0n) is 8.25. The second-order valence-corrected chi connectivity index (χ2v) is 3.54. The van der Waals surface area contributed by atoms with Crippen molar-refractivity contribution < 1.29 is 4.92 Å². The fourth-order valence-corrected chi connectivity index (χ4v) is 1.32. The van der Waals surface area contributed by atoms with Gasteiger partial charge in [-0.1, -0.05) is 27.2 Å². The van der Waals surface area contributed by atoms with Gasteiger partial charge in [-0.05, 0) is 18.8 Å². The molecule has 0 aromatic heterocycles. The molecule has 0 radical (unpaired) electrons. The third-order valence-corrected chi connectivity index (χ3v) is 2.42. The van der Waals surface area contributed by atoms with E-state index in [2.05, 4.69) is 13.8 Å². The molecular formula is C9H19NO2. The van der Waals surface area contributed by atoms with Crippen LogP contribution in [0.15, 0.2) is 0 Å². The molecule has 0 rings (SSSR count). The third-order valence-electron chi connectivity index (χ3n) is 2.42. The van der Waals surface area contributed by atoms with Gasteiger partial charge in [-0.15, -0.1) is 0 Å². The van der Waals surface area contributed by atoms with Crippen LogP contribution in [0.1, 0.15) is 40.0 Å². The van der Waals surface area contributed by atoms with Crippen molar-refractivity contribution in [1.82, 2.24) is 0 Å². The Morgan fingerprint density at radius 2 is 1.92 bits per heavy atom. The van der Waals surface area contributed by atoms with Gasteiger partial charge in [-0.2, -0.15) is 0 Å². The lowest BCUT2D eigenvalue weighted by atomic mass is 9.92. The maximum absolute atomic E-state index is 10.2. The van der Waals surface area contributed by atoms with Crippen LogP contribution in [0.5, 0.6) is 0 Å². The lowest BCUT2D eigenvalue weighted by molar-refractivity contribution is -0.488. The Hall–Kier alpha value is -0.600. The molecule has 0 aliphatic heterocycles. The summed E-state index contributed by atoms with van der Waals surface area (Å²) in [6.45, 7) is 6.45. The maximum Gasteiger partial charge on any atom is 0.206 e. The maximum atomic E-state index is 10.2. The molecule has 0 heterocycles. The van der Waals surface area contributed by atoms with Crippen molar-refractivity contribution in [3.8, 4) is 0 Å². The molecule has 72 valence electrons. The third kappa shape index (κ3) is 5.10. The van der Waals surface area contributed by atoms with Crippen LogP contribution >= 0.6 is 0 Å². The van der Waals surface area contributed by atoms with Gasteiger partial charge in [0.25, 0.3) is 0 Å². The predicted octanol–water partition coefficient (Wildman–Crippen LogP) is 2.73. The first-order valence-electron chi connectivity index (χ1n) is 4.71. The molecule has 0 aromatic rings. The van der Waals surface area contributed by atoms with E-state index in [-0.39, 0.29) is 17.4 Å². The molecule has 0 aliphatic rings. The highest BCUT2D eigenvalue weighted by Crippen LogP contribution is 2.17. The fraction of sp³-hybridized carbons (Fsp3) is 1.00. The van der Waals surface area contributed by atoms with Crippen molar-refractivity contribution in [3.63, 3.8) is 0 Å². The zero-order chi connectivity index (χ0) is 9.56. The Morgan fingerprint density at radius 3 is 2.25 bits per heavy atom. The average Bonchev–Trinajstić information content (AvgIpc) is 2.02. The van der Waals surface area contributed by atoms with Crippen LogP contribution in [0.2, 0.25) is 0 Å². The van der Waals surface area contributed by atoms with Crippen molar-refractivity contribution in [2.45, 2.75) is 40.0 Å². The Labute approximate surface area is 74.3 Å². The predicted molar refractivity (Wildman–Crippen MR) is 49.7 cm³/mol. The van der Waals surface area contributed by atoms with E-state index in [9.17, 15) is 10.1 Å². The Bertz CT molecular complexity index is 136. The quantitative estimate of drug-likeness (QED) is 0.458. The van der Waals surface area contributed by atoms with E-state index in [1.807, 2.05) is 6.92 Å². The van der Waals surface area contributed by atoms with E-state index < -0.39 is 0 Å². The normalized spacial score (nSPS) is 15.6. The molecule has 12 heavy (non-hydrogen) atoms. The number of hydrogen-bond donors (Lipinski definition) is 0. The summed E-state index contributed by atoms with van der Waals surface area (Å²) >= 11 is 0. The minimum atomic E-state index is -0.198. The molecule has 0 bridgehead atoms. The van der Waals surface area contributed by atoms with Crippen molar-refractivity contribution in [2.75, 3.05) is 6.54 Å². The summed E-state index contributed by atoms with van der Waals surface area (Å²) in [5.41, 5.74) is 0. The summed E-state index contributed by atoms with van der Waals surface area (Å²) in [5.74, 6) is 0.893. The topological polar surface area (TPSA) is 43.1 Å². The molecule has 2 unspecified atom stereocenters. The van der Waals surface area contributed by atoms with E-state index in [0.717, 1.165) is 19.3 Å². The molecule has 0 amide bonds. The van der Waals surface area contributed by atoms with E-state index >= 15 is 0 Å². The van der Waals surface area contributed by atoms with Crippen LogP contribution in [0.25, 0.3) is 0 Å². The largest absolute Gasteiger partial charge is 0.265 e. The molecule has 0 spiro atoms. The minimum Gasteiger partial charge on any atom is -0.265 e. The second-order valence-electron chi connectivity index (χ2n) is 3.54. The standard InChI is InChI=1S/C9H19NO2/c1-4-8(3)6-9(5-2)7-10(11)12/h8-9H,4-7H2,1-3H3. The molecule has 2 atom stereocenters. The van der Waals surface area contributed by atoms with Gasteiger partial charge in [0.1, 0.15) is 0 Å². The smallest absolute Gasteiger partial charge is 0.206 e. The number of rotatable bonds is 6. The highest BCUT2D eigenvalue weighted by atomic mass is 16.6. The summed E-state index contributed by atoms with van der Waals surface area (Å²) < 4.78 is 0. The molecule has 0 fully saturated rings. The van der Waals surface area contributed by atoms with Gasteiger partial charge in [0.2, 0.25) is 6.54 Å². The summed E-state index contributed by atoms with van der Waals surface area (Å²) in [7, 11) is 0. The monoisotopic (exact) mass is 173 g/mol. The first kappa shape index (κ1) is 11.4. The highest BCUT2D eigenvalue weighted by molar-refractivity contribution is 4.60. The zero-order valence-corrected chi connectivity index (χ0v) is 8.25. The van der Waals surface area contributed by atoms with Gasteiger partial charge in [0, 0.05) is 10.8 Å². The van der Waals surface area contributed by atoms with E-state index in [0.29, 0.717) is 5.92 Å². The van der Waals surface area contributed by atoms with Crippen LogP contribution in [-0.4, -0.2) is 11.5 Å². The van der Waals surface area contributed by atoms with Gasteiger partial charge >= 0.3 is 0 Å². The second kappa shape index (κ2) is 5.98. The Morgan fingerprint density at radius 1 is 1.33 bits per heavy atom. The summed E-state index contributed by atoms with van der Waals surface area (Å²) in [6.07, 6.45) is 3.04. The molecule has 0 aromatic carbocycles. The van der Waals surface area contributed by atoms with E-state index in [4.69, 9.17) is 0 Å². The Balaban J connectivity index is 3.74. The van der Waals surface area contributed by atoms with Crippen molar-refractivity contribution in [2.24, 2.45) is 11.8 Å². The lowest BCUT2D eigenvalue weighted by Crippen LogP contribution is -2.16. The fourth-order valence-electron chi connectivity index (χ4n) is 1.32. The molecule has 0 saturated heterocycles. The van der Waals surface area contributed by atoms with Crippen LogP contribution < -0.4 is 0 Å². The summed E-state index contributed by atoms with van der Waals surface area (Å²) in [6, 6.07) is 0. The van der Waals surface area contributed by atoms with Crippen molar-refractivity contribution in [1.29, 1.82) is 0 Å². The van der Waals surface area contributed by atoms with Crippen LogP contribution in [0.3, 0.4) is 0 Å². The number of hydrogen-bond acceptors (Lipinski definition) is 2. The minimum absolute atomic E-state index is 0.140. The first-order valence-corrected chi connectivity index (χ1v) is 4.71. The van der Waals surface area contributed by atoms with Crippen LogP contribution in [-0.2, 0) is 0 Å². The lowest BCUT2D eigenvalue weighted by Gasteiger charge is -2.14. The first-order chi connectivity index (χ1) is 5.60. The van der Waals surface area contributed by atoms with Crippen molar-refractivity contribution in [3.05, 3.63) is 10.1 Å². The molecule has 0 saturated carbocycles. The summed E-state index contributed by atoms with van der Waals surface area (Å²) in [5, 5.41) is 10.2. The van der Waals surface area contributed by atoms with E-state index in [1.54, 1.807) is 0 Å². The average molecular weight is 173 g/mol. The van der Waals surface area contributed by atoms with Gasteiger partial charge in [0.05, 0.1) is 0 Å². The van der Waals surface area contributed by atoms with Gasteiger partial charge < -0.3 is 0 Å². The molecule has 0 aliphatic carbocycles. The molecule has 3 nitrogen and oxygen atoms in total. The molecular weight excluding hydrogens is 154 g/mol. The number of nitro groups is 1. The van der Waals surface area contributed by atoms with Crippen LogP contribution in [0, 0.1) is 22.0 Å². The Kier molecular flexibility index (Phi) is 5.68. The van der Waals surface area contributed by atoms with Crippen molar-refractivity contribution >= 4 is 0 Å². The van der Waals surface area contributed by atoms with Gasteiger partial charge in [-0.3, -0.25) is 10.1 Å². The highest BCUT2D eigenvalue weighted by Gasteiger charge is 2.15. The van der Waals surface area contributed by atoms with Gasteiger partial charge in [-0.25, -0.2) is 0 Å². The SMILES string of the molecule is CCC(C)CC(CC)C[N+](=O)[O-].